The third kappa shape index (κ3) is 3.48. The molecule has 0 aromatic carbocycles. The van der Waals surface area contributed by atoms with Crippen LogP contribution in [0.25, 0.3) is 5.70 Å². The van der Waals surface area contributed by atoms with Gasteiger partial charge in [0, 0.05) is 24.6 Å². The van der Waals surface area contributed by atoms with E-state index in [-0.39, 0.29) is 23.0 Å². The van der Waals surface area contributed by atoms with E-state index < -0.39 is 0 Å². The zero-order valence-corrected chi connectivity index (χ0v) is 17.8. The summed E-state index contributed by atoms with van der Waals surface area (Å²) in [5.74, 6) is 1.75. The van der Waals surface area contributed by atoms with Gasteiger partial charge in [-0.25, -0.2) is 14.8 Å². The van der Waals surface area contributed by atoms with Gasteiger partial charge in [-0.1, -0.05) is 12.2 Å². The molecule has 2 aromatic rings. The summed E-state index contributed by atoms with van der Waals surface area (Å²) in [6.07, 6.45) is 16.9. The zero-order valence-electron chi connectivity index (χ0n) is 17.0. The van der Waals surface area contributed by atoms with Crippen LogP contribution in [0.2, 0.25) is 0 Å². The third-order valence-corrected chi connectivity index (χ3v) is 6.89. The number of rotatable bonds is 6. The Kier molecular flexibility index (Phi) is 4.31. The summed E-state index contributed by atoms with van der Waals surface area (Å²) in [7, 11) is 0. The van der Waals surface area contributed by atoms with Crippen LogP contribution < -0.4 is 15.5 Å². The maximum Gasteiger partial charge on any atom is 0.323 e. The van der Waals surface area contributed by atoms with Crippen LogP contribution in [-0.4, -0.2) is 43.5 Å². The number of halogens is 1. The minimum Gasteiger partial charge on any atom is -0.343 e. The highest BCUT2D eigenvalue weighted by atomic mass is 35.5. The Morgan fingerprint density at radius 1 is 1.26 bits per heavy atom. The summed E-state index contributed by atoms with van der Waals surface area (Å²) in [5.41, 5.74) is 1.79. The molecule has 3 aliphatic carbocycles. The predicted octanol–water partition coefficient (Wildman–Crippen LogP) is 3.49. The predicted molar refractivity (Wildman–Crippen MR) is 119 cm³/mol. The van der Waals surface area contributed by atoms with E-state index in [0.717, 1.165) is 30.7 Å². The Hall–Kier alpha value is -2.87. The maximum atomic E-state index is 12.4. The highest BCUT2D eigenvalue weighted by Gasteiger charge is 2.47. The molecule has 3 heterocycles. The molecule has 160 valence electrons. The number of carbonyl (C=O) groups excluding carboxylic acids is 1. The van der Waals surface area contributed by atoms with Crippen molar-refractivity contribution in [3.8, 4) is 0 Å². The lowest BCUT2D eigenvalue weighted by Gasteiger charge is -2.23. The fourth-order valence-corrected chi connectivity index (χ4v) is 4.63. The average molecular weight is 438 g/mol. The number of nitrogens with one attached hydrogen (secondary N) is 2. The van der Waals surface area contributed by atoms with Gasteiger partial charge in [0.05, 0.1) is 29.0 Å². The minimum absolute atomic E-state index is 0.0600. The average Bonchev–Trinajstić information content (AvgIpc) is 3.68. The lowest BCUT2D eigenvalue weighted by Crippen LogP contribution is -2.36. The van der Waals surface area contributed by atoms with Crippen molar-refractivity contribution in [2.75, 3.05) is 16.8 Å². The van der Waals surface area contributed by atoms with Crippen molar-refractivity contribution in [1.82, 2.24) is 24.8 Å². The number of carbonyl (C=O) groups is 1. The number of nitrogens with zero attached hydrogens (tertiary/aromatic N) is 5. The molecule has 2 atom stereocenters. The summed E-state index contributed by atoms with van der Waals surface area (Å²) >= 11 is 6.14. The van der Waals surface area contributed by atoms with Crippen LogP contribution in [0.15, 0.2) is 43.0 Å². The SMILES string of the molecule is O=C1NC[C@H](C2CC2)N1c1ccnc(NC2(c3cn(C4=CCC(Cl)C=C4)cn3)CC2)n1. The van der Waals surface area contributed by atoms with Crippen LogP contribution in [0, 0.1) is 5.92 Å². The van der Waals surface area contributed by atoms with E-state index in [1.54, 1.807) is 11.1 Å². The summed E-state index contributed by atoms with van der Waals surface area (Å²) in [5, 5.41) is 6.51. The van der Waals surface area contributed by atoms with Crippen LogP contribution in [0.1, 0.15) is 37.8 Å². The lowest BCUT2D eigenvalue weighted by atomic mass is 10.1. The van der Waals surface area contributed by atoms with E-state index in [9.17, 15) is 4.79 Å². The van der Waals surface area contributed by atoms with Crippen molar-refractivity contribution in [3.63, 3.8) is 0 Å². The standard InChI is InChI=1S/C22H24ClN7O/c23-15-3-5-16(6-4-15)29-12-18(26-13-29)22(8-9-22)28-20-24-10-7-19(27-20)30-17(14-1-2-14)11-25-21(30)31/h3,5-7,10,12-15,17H,1-2,4,8-9,11H2,(H,25,31)(H,24,27,28)/t15?,17-/m1/s1. The molecule has 0 bridgehead atoms. The van der Waals surface area contributed by atoms with Gasteiger partial charge in [-0.2, -0.15) is 4.98 Å². The molecule has 31 heavy (non-hydrogen) atoms. The second-order valence-electron chi connectivity index (χ2n) is 8.81. The van der Waals surface area contributed by atoms with Crippen molar-refractivity contribution < 1.29 is 4.79 Å². The highest BCUT2D eigenvalue weighted by molar-refractivity contribution is 6.22. The Bertz CT molecular complexity index is 1090. The quantitative estimate of drug-likeness (QED) is 0.675. The van der Waals surface area contributed by atoms with Crippen molar-refractivity contribution in [2.45, 2.75) is 49.1 Å². The smallest absolute Gasteiger partial charge is 0.323 e. The first-order valence-electron chi connectivity index (χ1n) is 10.9. The Morgan fingerprint density at radius 3 is 2.87 bits per heavy atom. The van der Waals surface area contributed by atoms with E-state index in [2.05, 4.69) is 32.9 Å². The van der Waals surface area contributed by atoms with Gasteiger partial charge >= 0.3 is 6.03 Å². The summed E-state index contributed by atoms with van der Waals surface area (Å²) in [6.45, 7) is 0.687. The molecule has 2 N–H and O–H groups in total. The zero-order chi connectivity index (χ0) is 21.0. The molecule has 1 aliphatic heterocycles. The number of aromatic nitrogens is 4. The Labute approximate surface area is 185 Å². The van der Waals surface area contributed by atoms with E-state index in [1.807, 2.05) is 29.1 Å². The highest BCUT2D eigenvalue weighted by Crippen LogP contribution is 2.47. The first-order valence-corrected chi connectivity index (χ1v) is 11.3. The molecule has 2 saturated carbocycles. The summed E-state index contributed by atoms with van der Waals surface area (Å²) < 4.78 is 2.03. The Morgan fingerprint density at radius 2 is 2.13 bits per heavy atom. The van der Waals surface area contributed by atoms with Gasteiger partial charge < -0.3 is 15.2 Å². The number of amides is 2. The maximum absolute atomic E-state index is 12.4. The molecule has 2 amide bonds. The van der Waals surface area contributed by atoms with Gasteiger partial charge in [-0.3, -0.25) is 4.90 Å². The van der Waals surface area contributed by atoms with Crippen molar-refractivity contribution in [3.05, 3.63) is 48.7 Å². The van der Waals surface area contributed by atoms with Crippen LogP contribution in [-0.2, 0) is 5.54 Å². The van der Waals surface area contributed by atoms with Crippen LogP contribution in [0.3, 0.4) is 0 Å². The molecule has 2 aromatic heterocycles. The first kappa shape index (κ1) is 18.9. The number of hydrogen-bond donors (Lipinski definition) is 2. The van der Waals surface area contributed by atoms with Crippen molar-refractivity contribution in [2.24, 2.45) is 5.92 Å². The molecule has 3 fully saturated rings. The van der Waals surface area contributed by atoms with Crippen LogP contribution in [0.4, 0.5) is 16.6 Å². The van der Waals surface area contributed by atoms with E-state index in [1.165, 1.54) is 12.8 Å². The van der Waals surface area contributed by atoms with Crippen molar-refractivity contribution in [1.29, 1.82) is 0 Å². The molecule has 6 rings (SSSR count). The molecule has 4 aliphatic rings. The van der Waals surface area contributed by atoms with Gasteiger partial charge in [-0.15, -0.1) is 11.6 Å². The first-order chi connectivity index (χ1) is 15.1. The van der Waals surface area contributed by atoms with Crippen molar-refractivity contribution >= 4 is 35.1 Å². The van der Waals surface area contributed by atoms with Crippen LogP contribution in [0.5, 0.6) is 0 Å². The number of hydrogen-bond acceptors (Lipinski definition) is 5. The normalized spacial score (nSPS) is 26.5. The second-order valence-corrected chi connectivity index (χ2v) is 9.37. The monoisotopic (exact) mass is 437 g/mol. The van der Waals surface area contributed by atoms with E-state index in [0.29, 0.717) is 24.2 Å². The second kappa shape index (κ2) is 7.09. The molecule has 0 spiro atoms. The molecular formula is C22H24ClN7O. The van der Waals surface area contributed by atoms with Gasteiger partial charge in [0.25, 0.3) is 0 Å². The fourth-order valence-electron chi connectivity index (χ4n) is 4.46. The molecule has 1 saturated heterocycles. The molecule has 8 nitrogen and oxygen atoms in total. The lowest BCUT2D eigenvalue weighted by molar-refractivity contribution is 0.251. The molecular weight excluding hydrogens is 414 g/mol. The topological polar surface area (TPSA) is 88.0 Å². The number of alkyl halides is 1. The number of allylic oxidation sites excluding steroid dienone is 4. The summed E-state index contributed by atoms with van der Waals surface area (Å²) in [6, 6.07) is 1.92. The molecule has 9 heteroatoms. The third-order valence-electron chi connectivity index (χ3n) is 6.57. The van der Waals surface area contributed by atoms with Gasteiger partial charge in [0.2, 0.25) is 5.95 Å². The Balaban J connectivity index is 1.22. The number of imidazole rings is 1. The largest absolute Gasteiger partial charge is 0.343 e. The van der Waals surface area contributed by atoms with E-state index >= 15 is 0 Å². The number of anilines is 2. The fraction of sp³-hybridized carbons (Fsp3) is 0.455. The minimum atomic E-state index is -0.263. The van der Waals surface area contributed by atoms with Gasteiger partial charge in [0.15, 0.2) is 0 Å². The van der Waals surface area contributed by atoms with E-state index in [4.69, 9.17) is 16.6 Å². The van der Waals surface area contributed by atoms with Gasteiger partial charge in [-0.05, 0) is 50.2 Å². The summed E-state index contributed by atoms with van der Waals surface area (Å²) in [4.78, 5) is 28.0. The number of urea groups is 1. The molecule has 0 radical (unpaired) electrons. The van der Waals surface area contributed by atoms with Crippen LogP contribution >= 0.6 is 11.6 Å². The van der Waals surface area contributed by atoms with Gasteiger partial charge in [0.1, 0.15) is 5.82 Å². The molecule has 1 unspecified atom stereocenters.